The van der Waals surface area contributed by atoms with E-state index in [-0.39, 0.29) is 0 Å². The largest absolute Gasteiger partial charge is 0.492 e. The molecule has 0 atom stereocenters. The van der Waals surface area contributed by atoms with E-state index in [9.17, 15) is 0 Å². The van der Waals surface area contributed by atoms with Gasteiger partial charge in [0.15, 0.2) is 5.96 Å². The number of benzene rings is 1. The van der Waals surface area contributed by atoms with Crippen LogP contribution in [0, 0.1) is 6.92 Å². The molecule has 1 aromatic carbocycles. The van der Waals surface area contributed by atoms with Crippen molar-refractivity contribution in [3.05, 3.63) is 29.8 Å². The van der Waals surface area contributed by atoms with Crippen LogP contribution in [0.1, 0.15) is 25.3 Å². The first-order valence-electron chi connectivity index (χ1n) is 7.52. The van der Waals surface area contributed by atoms with Gasteiger partial charge in [-0.1, -0.05) is 17.7 Å². The number of likely N-dealkylation sites (tertiary alicyclic amines) is 1. The molecule has 1 fully saturated rings. The molecule has 0 saturated carbocycles. The minimum atomic E-state index is 0.617. The number of rotatable bonds is 5. The molecule has 0 aromatic heterocycles. The Morgan fingerprint density at radius 1 is 1.25 bits per heavy atom. The Balaban J connectivity index is 1.79. The number of nitrogens with one attached hydrogen (secondary N) is 1. The van der Waals surface area contributed by atoms with E-state index in [0.717, 1.165) is 31.3 Å². The second-order valence-electron chi connectivity index (χ2n) is 5.09. The van der Waals surface area contributed by atoms with Crippen LogP contribution in [-0.4, -0.2) is 43.6 Å². The Hall–Kier alpha value is -1.71. The fourth-order valence-electron chi connectivity index (χ4n) is 2.30. The first-order valence-corrected chi connectivity index (χ1v) is 7.52. The van der Waals surface area contributed by atoms with Crippen molar-refractivity contribution in [3.8, 4) is 5.75 Å². The van der Waals surface area contributed by atoms with Crippen molar-refractivity contribution >= 4 is 5.96 Å². The number of nitrogens with zero attached hydrogens (tertiary/aromatic N) is 2. The molecule has 0 amide bonds. The van der Waals surface area contributed by atoms with E-state index < -0.39 is 0 Å². The van der Waals surface area contributed by atoms with Gasteiger partial charge in [0.2, 0.25) is 0 Å². The summed E-state index contributed by atoms with van der Waals surface area (Å²) in [7, 11) is 0. The molecule has 0 aliphatic carbocycles. The summed E-state index contributed by atoms with van der Waals surface area (Å²) in [5, 5.41) is 3.35. The molecule has 4 heteroatoms. The maximum Gasteiger partial charge on any atom is 0.194 e. The quantitative estimate of drug-likeness (QED) is 0.509. The summed E-state index contributed by atoms with van der Waals surface area (Å²) in [5.74, 6) is 1.94. The topological polar surface area (TPSA) is 36.9 Å². The number of aliphatic imine (C=N–C) groups is 1. The molecule has 1 aromatic rings. The summed E-state index contributed by atoms with van der Waals surface area (Å²) < 4.78 is 5.70. The standard InChI is InChI=1S/C16H25N3O/c1-3-17-16(19-11-4-5-12-19)18-10-13-20-15-8-6-14(2)7-9-15/h6-9H,3-5,10-13H2,1-2H3,(H,17,18). The van der Waals surface area contributed by atoms with E-state index in [1.54, 1.807) is 0 Å². The minimum absolute atomic E-state index is 0.617. The lowest BCUT2D eigenvalue weighted by molar-refractivity contribution is 0.327. The van der Waals surface area contributed by atoms with Crippen molar-refractivity contribution in [2.75, 3.05) is 32.8 Å². The SMILES string of the molecule is CCNC(=NCCOc1ccc(C)cc1)N1CCCC1. The highest BCUT2D eigenvalue weighted by atomic mass is 16.5. The molecule has 1 aliphatic heterocycles. The number of hydrogen-bond acceptors (Lipinski definition) is 2. The van der Waals surface area contributed by atoms with Crippen LogP contribution in [0.5, 0.6) is 5.75 Å². The molecule has 1 N–H and O–H groups in total. The van der Waals surface area contributed by atoms with Crippen LogP contribution in [0.25, 0.3) is 0 Å². The van der Waals surface area contributed by atoms with Gasteiger partial charge in [-0.05, 0) is 38.8 Å². The van der Waals surface area contributed by atoms with Gasteiger partial charge in [0.25, 0.3) is 0 Å². The van der Waals surface area contributed by atoms with Crippen LogP contribution in [-0.2, 0) is 0 Å². The fraction of sp³-hybridized carbons (Fsp3) is 0.562. The lowest BCUT2D eigenvalue weighted by Gasteiger charge is -2.20. The van der Waals surface area contributed by atoms with Crippen LogP contribution in [0.3, 0.4) is 0 Å². The Morgan fingerprint density at radius 2 is 1.95 bits per heavy atom. The molecule has 20 heavy (non-hydrogen) atoms. The Morgan fingerprint density at radius 3 is 2.60 bits per heavy atom. The van der Waals surface area contributed by atoms with Crippen LogP contribution in [0.2, 0.25) is 0 Å². The summed E-state index contributed by atoms with van der Waals surface area (Å²) in [6.45, 7) is 8.63. The van der Waals surface area contributed by atoms with Crippen molar-refractivity contribution in [2.45, 2.75) is 26.7 Å². The second-order valence-corrected chi connectivity index (χ2v) is 5.09. The van der Waals surface area contributed by atoms with Gasteiger partial charge < -0.3 is 15.0 Å². The third kappa shape index (κ3) is 4.44. The van der Waals surface area contributed by atoms with Gasteiger partial charge in [-0.3, -0.25) is 0 Å². The third-order valence-corrected chi connectivity index (χ3v) is 3.38. The van der Waals surface area contributed by atoms with E-state index in [1.807, 2.05) is 12.1 Å². The number of hydrogen-bond donors (Lipinski definition) is 1. The van der Waals surface area contributed by atoms with E-state index in [0.29, 0.717) is 13.2 Å². The monoisotopic (exact) mass is 275 g/mol. The summed E-state index contributed by atoms with van der Waals surface area (Å²) in [5.41, 5.74) is 1.25. The maximum atomic E-state index is 5.70. The Bertz CT molecular complexity index is 422. The predicted molar refractivity (Wildman–Crippen MR) is 83.5 cm³/mol. The average Bonchev–Trinajstić information content (AvgIpc) is 2.98. The maximum absolute atomic E-state index is 5.70. The zero-order valence-corrected chi connectivity index (χ0v) is 12.6. The molecule has 0 bridgehead atoms. The van der Waals surface area contributed by atoms with Gasteiger partial charge in [0, 0.05) is 19.6 Å². The van der Waals surface area contributed by atoms with Crippen LogP contribution >= 0.6 is 0 Å². The first-order chi connectivity index (χ1) is 9.79. The van der Waals surface area contributed by atoms with Crippen LogP contribution < -0.4 is 10.1 Å². The molecule has 1 saturated heterocycles. The highest BCUT2D eigenvalue weighted by Gasteiger charge is 2.14. The highest BCUT2D eigenvalue weighted by molar-refractivity contribution is 5.80. The van der Waals surface area contributed by atoms with Gasteiger partial charge in [-0.25, -0.2) is 4.99 Å². The van der Waals surface area contributed by atoms with Crippen molar-refractivity contribution in [1.82, 2.24) is 10.2 Å². The average molecular weight is 275 g/mol. The Labute approximate surface area is 121 Å². The normalized spacial score (nSPS) is 15.5. The van der Waals surface area contributed by atoms with Crippen molar-refractivity contribution in [2.24, 2.45) is 4.99 Å². The van der Waals surface area contributed by atoms with Gasteiger partial charge in [-0.2, -0.15) is 0 Å². The summed E-state index contributed by atoms with van der Waals surface area (Å²) in [4.78, 5) is 6.96. The van der Waals surface area contributed by atoms with Gasteiger partial charge in [0.05, 0.1) is 6.54 Å². The van der Waals surface area contributed by atoms with Crippen molar-refractivity contribution < 1.29 is 4.74 Å². The summed E-state index contributed by atoms with van der Waals surface area (Å²) >= 11 is 0. The van der Waals surface area contributed by atoms with Crippen molar-refractivity contribution in [3.63, 3.8) is 0 Å². The summed E-state index contributed by atoms with van der Waals surface area (Å²) in [6, 6.07) is 8.13. The van der Waals surface area contributed by atoms with Gasteiger partial charge >= 0.3 is 0 Å². The molecule has 2 rings (SSSR count). The lowest BCUT2D eigenvalue weighted by Crippen LogP contribution is -2.39. The molecule has 0 radical (unpaired) electrons. The molecule has 1 aliphatic rings. The third-order valence-electron chi connectivity index (χ3n) is 3.38. The molecule has 1 heterocycles. The lowest BCUT2D eigenvalue weighted by atomic mass is 10.2. The van der Waals surface area contributed by atoms with Gasteiger partial charge in [-0.15, -0.1) is 0 Å². The van der Waals surface area contributed by atoms with Gasteiger partial charge in [0.1, 0.15) is 12.4 Å². The number of aryl methyl sites for hydroxylation is 1. The van der Waals surface area contributed by atoms with Crippen LogP contribution in [0.4, 0.5) is 0 Å². The smallest absolute Gasteiger partial charge is 0.194 e. The fourth-order valence-corrected chi connectivity index (χ4v) is 2.30. The molecule has 0 spiro atoms. The Kier molecular flexibility index (Phi) is 5.71. The predicted octanol–water partition coefficient (Wildman–Crippen LogP) is 2.44. The minimum Gasteiger partial charge on any atom is -0.492 e. The molecule has 0 unspecified atom stereocenters. The van der Waals surface area contributed by atoms with E-state index in [1.165, 1.54) is 18.4 Å². The zero-order valence-electron chi connectivity index (χ0n) is 12.6. The molecular weight excluding hydrogens is 250 g/mol. The zero-order chi connectivity index (χ0) is 14.2. The molecule has 4 nitrogen and oxygen atoms in total. The summed E-state index contributed by atoms with van der Waals surface area (Å²) in [6.07, 6.45) is 2.54. The number of ether oxygens (including phenoxy) is 1. The molecular formula is C16H25N3O. The molecule has 110 valence electrons. The highest BCUT2D eigenvalue weighted by Crippen LogP contribution is 2.11. The van der Waals surface area contributed by atoms with E-state index in [2.05, 4.69) is 41.2 Å². The van der Waals surface area contributed by atoms with Crippen LogP contribution in [0.15, 0.2) is 29.3 Å². The van der Waals surface area contributed by atoms with E-state index >= 15 is 0 Å². The van der Waals surface area contributed by atoms with Crippen molar-refractivity contribution in [1.29, 1.82) is 0 Å². The second kappa shape index (κ2) is 7.78. The number of guanidine groups is 1. The van der Waals surface area contributed by atoms with E-state index in [4.69, 9.17) is 4.74 Å². The first kappa shape index (κ1) is 14.7.